The summed E-state index contributed by atoms with van der Waals surface area (Å²) in [5.74, 6) is -0.456. The van der Waals surface area contributed by atoms with Crippen LogP contribution >= 0.6 is 15.9 Å². The standard InChI is InChI=1S/C15H15BrFNO2S/c1-9-8-13(17)4-5-14(9)21(19,20)18-15-10(2)6-12(16)7-11(15)3/h4-8,18H,1-3H3. The second-order valence-electron chi connectivity index (χ2n) is 4.93. The SMILES string of the molecule is Cc1cc(F)ccc1S(=O)(=O)Nc1c(C)cc(Br)cc1C. The molecule has 112 valence electrons. The lowest BCUT2D eigenvalue weighted by Gasteiger charge is -2.15. The molecule has 0 atom stereocenters. The number of nitrogens with one attached hydrogen (secondary N) is 1. The number of rotatable bonds is 3. The van der Waals surface area contributed by atoms with E-state index in [1.807, 2.05) is 26.0 Å². The highest BCUT2D eigenvalue weighted by Gasteiger charge is 2.19. The van der Waals surface area contributed by atoms with E-state index in [2.05, 4.69) is 20.7 Å². The Hall–Kier alpha value is -1.40. The van der Waals surface area contributed by atoms with E-state index in [4.69, 9.17) is 0 Å². The number of aryl methyl sites for hydroxylation is 3. The minimum absolute atomic E-state index is 0.0746. The Morgan fingerprint density at radius 1 is 1.00 bits per heavy atom. The normalized spacial score (nSPS) is 11.5. The number of anilines is 1. The van der Waals surface area contributed by atoms with E-state index in [1.54, 1.807) is 6.92 Å². The van der Waals surface area contributed by atoms with Crippen molar-refractivity contribution >= 4 is 31.6 Å². The fourth-order valence-electron chi connectivity index (χ4n) is 2.18. The fraction of sp³-hybridized carbons (Fsp3) is 0.200. The van der Waals surface area contributed by atoms with Gasteiger partial charge in [0.25, 0.3) is 10.0 Å². The van der Waals surface area contributed by atoms with Crippen molar-refractivity contribution in [3.05, 3.63) is 57.3 Å². The number of halogens is 2. The van der Waals surface area contributed by atoms with Crippen molar-refractivity contribution in [1.82, 2.24) is 0 Å². The Balaban J connectivity index is 2.47. The summed E-state index contributed by atoms with van der Waals surface area (Å²) in [4.78, 5) is 0.0746. The van der Waals surface area contributed by atoms with Crippen molar-refractivity contribution in [2.45, 2.75) is 25.7 Å². The summed E-state index contributed by atoms with van der Waals surface area (Å²) in [6.45, 7) is 5.22. The molecule has 0 bridgehead atoms. The van der Waals surface area contributed by atoms with Crippen LogP contribution in [-0.4, -0.2) is 8.42 Å². The van der Waals surface area contributed by atoms with Crippen LogP contribution in [0.2, 0.25) is 0 Å². The van der Waals surface area contributed by atoms with Crippen LogP contribution < -0.4 is 4.72 Å². The average molecular weight is 372 g/mol. The fourth-order valence-corrected chi connectivity index (χ4v) is 4.29. The van der Waals surface area contributed by atoms with Crippen LogP contribution in [0.4, 0.5) is 10.1 Å². The molecule has 0 saturated heterocycles. The van der Waals surface area contributed by atoms with Crippen LogP contribution in [0.5, 0.6) is 0 Å². The quantitative estimate of drug-likeness (QED) is 0.873. The molecule has 0 aliphatic heterocycles. The van der Waals surface area contributed by atoms with Crippen molar-refractivity contribution in [2.24, 2.45) is 0 Å². The molecule has 0 amide bonds. The van der Waals surface area contributed by atoms with E-state index >= 15 is 0 Å². The molecule has 3 nitrogen and oxygen atoms in total. The van der Waals surface area contributed by atoms with Crippen molar-refractivity contribution < 1.29 is 12.8 Å². The lowest BCUT2D eigenvalue weighted by atomic mass is 10.1. The van der Waals surface area contributed by atoms with E-state index in [9.17, 15) is 12.8 Å². The minimum atomic E-state index is -3.75. The summed E-state index contributed by atoms with van der Waals surface area (Å²) in [6, 6.07) is 7.29. The Morgan fingerprint density at radius 3 is 2.10 bits per heavy atom. The van der Waals surface area contributed by atoms with Gasteiger partial charge < -0.3 is 0 Å². The van der Waals surface area contributed by atoms with Gasteiger partial charge in [0, 0.05) is 4.47 Å². The zero-order chi connectivity index (χ0) is 15.8. The van der Waals surface area contributed by atoms with Crippen molar-refractivity contribution in [3.63, 3.8) is 0 Å². The molecule has 0 unspecified atom stereocenters. The van der Waals surface area contributed by atoms with Gasteiger partial charge in [-0.1, -0.05) is 15.9 Å². The summed E-state index contributed by atoms with van der Waals surface area (Å²) in [5.41, 5.74) is 2.53. The molecular formula is C15H15BrFNO2S. The van der Waals surface area contributed by atoms with E-state index in [0.717, 1.165) is 21.7 Å². The van der Waals surface area contributed by atoms with E-state index < -0.39 is 15.8 Å². The molecule has 21 heavy (non-hydrogen) atoms. The van der Waals surface area contributed by atoms with E-state index in [-0.39, 0.29) is 4.90 Å². The van der Waals surface area contributed by atoms with Crippen molar-refractivity contribution in [2.75, 3.05) is 4.72 Å². The first-order valence-corrected chi connectivity index (χ1v) is 8.54. The van der Waals surface area contributed by atoms with Gasteiger partial charge in [0.2, 0.25) is 0 Å². The predicted molar refractivity (Wildman–Crippen MR) is 85.6 cm³/mol. The molecule has 6 heteroatoms. The van der Waals surface area contributed by atoms with Crippen LogP contribution in [-0.2, 0) is 10.0 Å². The zero-order valence-corrected chi connectivity index (χ0v) is 14.3. The van der Waals surface area contributed by atoms with Crippen molar-refractivity contribution in [3.8, 4) is 0 Å². The second-order valence-corrected chi connectivity index (χ2v) is 7.50. The second kappa shape index (κ2) is 5.77. The van der Waals surface area contributed by atoms with Crippen LogP contribution in [0.25, 0.3) is 0 Å². The number of hydrogen-bond donors (Lipinski definition) is 1. The molecule has 0 aliphatic carbocycles. The molecule has 0 fully saturated rings. The number of hydrogen-bond acceptors (Lipinski definition) is 2. The van der Waals surface area contributed by atoms with Gasteiger partial charge in [0.1, 0.15) is 5.82 Å². The average Bonchev–Trinajstić information content (AvgIpc) is 2.33. The molecule has 2 rings (SSSR count). The van der Waals surface area contributed by atoms with Gasteiger partial charge in [0.15, 0.2) is 0 Å². The van der Waals surface area contributed by atoms with Gasteiger partial charge >= 0.3 is 0 Å². The third-order valence-corrected chi connectivity index (χ3v) is 5.13. The molecule has 2 aromatic carbocycles. The summed E-state index contributed by atoms with van der Waals surface area (Å²) in [5, 5.41) is 0. The highest BCUT2D eigenvalue weighted by Crippen LogP contribution is 2.28. The summed E-state index contributed by atoms with van der Waals surface area (Å²) >= 11 is 3.37. The van der Waals surface area contributed by atoms with Gasteiger partial charge in [-0.05, 0) is 67.8 Å². The summed E-state index contributed by atoms with van der Waals surface area (Å²) in [6.07, 6.45) is 0. The summed E-state index contributed by atoms with van der Waals surface area (Å²) < 4.78 is 41.5. The van der Waals surface area contributed by atoms with Gasteiger partial charge in [-0.15, -0.1) is 0 Å². The monoisotopic (exact) mass is 371 g/mol. The Kier molecular flexibility index (Phi) is 4.39. The molecular weight excluding hydrogens is 357 g/mol. The molecule has 0 heterocycles. The van der Waals surface area contributed by atoms with E-state index in [0.29, 0.717) is 11.3 Å². The van der Waals surface area contributed by atoms with Gasteiger partial charge in [0.05, 0.1) is 10.6 Å². The van der Waals surface area contributed by atoms with Crippen LogP contribution in [0, 0.1) is 26.6 Å². The van der Waals surface area contributed by atoms with E-state index in [1.165, 1.54) is 12.1 Å². The predicted octanol–water partition coefficient (Wildman–Crippen LogP) is 4.31. The molecule has 1 N–H and O–H groups in total. The summed E-state index contributed by atoms with van der Waals surface area (Å²) in [7, 11) is -3.75. The Morgan fingerprint density at radius 2 is 1.57 bits per heavy atom. The number of sulfonamides is 1. The van der Waals surface area contributed by atoms with Crippen LogP contribution in [0.3, 0.4) is 0 Å². The number of benzene rings is 2. The Bertz CT molecular complexity index is 780. The molecule has 0 aromatic heterocycles. The topological polar surface area (TPSA) is 46.2 Å². The smallest absolute Gasteiger partial charge is 0.262 e. The zero-order valence-electron chi connectivity index (χ0n) is 11.9. The first-order valence-electron chi connectivity index (χ1n) is 6.26. The van der Waals surface area contributed by atoms with Gasteiger partial charge in [-0.25, -0.2) is 12.8 Å². The molecule has 0 spiro atoms. The maximum atomic E-state index is 13.1. The first kappa shape index (κ1) is 16.0. The Labute approximate surface area is 132 Å². The van der Waals surface area contributed by atoms with Gasteiger partial charge in [-0.2, -0.15) is 0 Å². The highest BCUT2D eigenvalue weighted by molar-refractivity contribution is 9.10. The van der Waals surface area contributed by atoms with Gasteiger partial charge in [-0.3, -0.25) is 4.72 Å². The first-order chi connectivity index (χ1) is 9.70. The maximum Gasteiger partial charge on any atom is 0.262 e. The third kappa shape index (κ3) is 3.44. The molecule has 0 radical (unpaired) electrons. The molecule has 2 aromatic rings. The van der Waals surface area contributed by atoms with Crippen LogP contribution in [0.1, 0.15) is 16.7 Å². The largest absolute Gasteiger partial charge is 0.279 e. The molecule has 0 aliphatic rings. The van der Waals surface area contributed by atoms with Crippen molar-refractivity contribution in [1.29, 1.82) is 0 Å². The minimum Gasteiger partial charge on any atom is -0.279 e. The molecule has 0 saturated carbocycles. The lowest BCUT2D eigenvalue weighted by molar-refractivity contribution is 0.598. The maximum absolute atomic E-state index is 13.1. The highest BCUT2D eigenvalue weighted by atomic mass is 79.9. The van der Waals surface area contributed by atoms with Crippen LogP contribution in [0.15, 0.2) is 39.7 Å². The lowest BCUT2D eigenvalue weighted by Crippen LogP contribution is -2.16. The third-order valence-electron chi connectivity index (χ3n) is 3.16.